The van der Waals surface area contributed by atoms with E-state index < -0.39 is 29.5 Å². The number of para-hydroxylation sites is 1. The first-order valence-electron chi connectivity index (χ1n) is 19.3. The zero-order valence-electron chi connectivity index (χ0n) is 31.8. The molecule has 0 spiro atoms. The van der Waals surface area contributed by atoms with Crippen molar-refractivity contribution in [3.63, 3.8) is 0 Å². The standard InChI is InChI=1S/C41H46F2N8O5/c1-47(26-16-18-49(19-17-26)32-8-5-9-33-38(32)48(2)41(55)51(33)34-14-15-36(52)45-40(34)54)22-24-10-12-27(13-11-24)50-23-25-20-31(35(56-3)21-30(25)46-50)44-39(53)28-6-4-7-29(42)37(28)43/h4-9,20-21,23-24,26-27,34H,10-19,22H2,1-3H3,(H,44,53)(H,45,52,54). The molecular formula is C41H46F2N8O5. The predicted molar refractivity (Wildman–Crippen MR) is 208 cm³/mol. The van der Waals surface area contributed by atoms with Crippen molar-refractivity contribution in [2.24, 2.45) is 13.0 Å². The third-order valence-corrected chi connectivity index (χ3v) is 12.1. The summed E-state index contributed by atoms with van der Waals surface area (Å²) in [5.74, 6) is -2.86. The van der Waals surface area contributed by atoms with Crippen LogP contribution in [0.25, 0.3) is 21.9 Å². The first-order valence-corrected chi connectivity index (χ1v) is 19.3. The summed E-state index contributed by atoms with van der Waals surface area (Å²) in [5.41, 5.74) is 2.91. The number of halogens is 2. The van der Waals surface area contributed by atoms with Crippen molar-refractivity contribution >= 4 is 51.0 Å². The fourth-order valence-electron chi connectivity index (χ4n) is 8.99. The van der Waals surface area contributed by atoms with Crippen molar-refractivity contribution in [3.8, 4) is 5.75 Å². The summed E-state index contributed by atoms with van der Waals surface area (Å²) in [6.45, 7) is 2.72. The van der Waals surface area contributed by atoms with Crippen molar-refractivity contribution in [1.82, 2.24) is 29.1 Å². The summed E-state index contributed by atoms with van der Waals surface area (Å²) in [5, 5.41) is 10.7. The molecule has 0 bridgehead atoms. The van der Waals surface area contributed by atoms with E-state index in [2.05, 4.69) is 27.5 Å². The zero-order valence-corrected chi connectivity index (χ0v) is 31.8. The fourth-order valence-corrected chi connectivity index (χ4v) is 8.99. The van der Waals surface area contributed by atoms with E-state index in [-0.39, 0.29) is 29.6 Å². The van der Waals surface area contributed by atoms with Gasteiger partial charge in [-0.2, -0.15) is 5.10 Å². The van der Waals surface area contributed by atoms with E-state index in [1.165, 1.54) is 19.2 Å². The zero-order chi connectivity index (χ0) is 39.2. The molecule has 2 N–H and O–H groups in total. The molecule has 1 atom stereocenters. The quantitative estimate of drug-likeness (QED) is 0.187. The number of benzene rings is 3. The van der Waals surface area contributed by atoms with Crippen LogP contribution in [0.1, 0.15) is 73.8 Å². The van der Waals surface area contributed by atoms with Crippen molar-refractivity contribution in [2.45, 2.75) is 69.5 Å². The van der Waals surface area contributed by atoms with Crippen LogP contribution in [0.15, 0.2) is 59.5 Å². The van der Waals surface area contributed by atoms with Gasteiger partial charge in [-0.1, -0.05) is 12.1 Å². The molecule has 2 saturated heterocycles. The van der Waals surface area contributed by atoms with Crippen LogP contribution in [0.4, 0.5) is 20.2 Å². The van der Waals surface area contributed by atoms with Crippen LogP contribution in [-0.4, -0.2) is 81.4 Å². The van der Waals surface area contributed by atoms with E-state index in [1.807, 2.05) is 29.1 Å². The topological polar surface area (TPSA) is 136 Å². The molecule has 4 heterocycles. The highest BCUT2D eigenvalue weighted by Gasteiger charge is 2.33. The Labute approximate surface area is 322 Å². The minimum atomic E-state index is -1.20. The number of rotatable bonds is 9. The molecule has 1 unspecified atom stereocenters. The maximum atomic E-state index is 14.3. The lowest BCUT2D eigenvalue weighted by molar-refractivity contribution is -0.135. The number of amides is 3. The maximum absolute atomic E-state index is 14.3. The Morgan fingerprint density at radius 2 is 1.75 bits per heavy atom. The second-order valence-corrected chi connectivity index (χ2v) is 15.4. The van der Waals surface area contributed by atoms with Gasteiger partial charge in [-0.3, -0.25) is 33.5 Å². The van der Waals surface area contributed by atoms with Gasteiger partial charge in [0.15, 0.2) is 11.6 Å². The fraction of sp³-hybridized carbons (Fsp3) is 0.439. The third-order valence-electron chi connectivity index (χ3n) is 12.1. The summed E-state index contributed by atoms with van der Waals surface area (Å²) in [6.07, 6.45) is 8.61. The first-order chi connectivity index (χ1) is 27.0. The number of anilines is 2. The van der Waals surface area contributed by atoms with Crippen LogP contribution >= 0.6 is 0 Å². The van der Waals surface area contributed by atoms with E-state index in [9.17, 15) is 28.0 Å². The average Bonchev–Trinajstić information content (AvgIpc) is 3.73. The van der Waals surface area contributed by atoms with Gasteiger partial charge in [0.25, 0.3) is 5.91 Å². The maximum Gasteiger partial charge on any atom is 0.329 e. The van der Waals surface area contributed by atoms with Crippen LogP contribution in [0.5, 0.6) is 5.75 Å². The van der Waals surface area contributed by atoms with E-state index in [0.29, 0.717) is 35.3 Å². The molecule has 1 saturated carbocycles. The third kappa shape index (κ3) is 6.92. The Balaban J connectivity index is 0.870. The van der Waals surface area contributed by atoms with Crippen LogP contribution < -0.4 is 26.0 Å². The smallest absolute Gasteiger partial charge is 0.329 e. The van der Waals surface area contributed by atoms with Gasteiger partial charge in [0.1, 0.15) is 11.8 Å². The van der Waals surface area contributed by atoms with E-state index in [4.69, 9.17) is 9.84 Å². The van der Waals surface area contributed by atoms with Gasteiger partial charge in [-0.05, 0) is 88.2 Å². The molecular weight excluding hydrogens is 722 g/mol. The van der Waals surface area contributed by atoms with Crippen molar-refractivity contribution in [3.05, 3.63) is 82.4 Å². The van der Waals surface area contributed by atoms with Gasteiger partial charge in [0.05, 0.1) is 46.6 Å². The summed E-state index contributed by atoms with van der Waals surface area (Å²) in [7, 11) is 5.45. The SMILES string of the molecule is COc1cc2nn(C3CCC(CN(C)C4CCN(c5cccc6c5n(C)c(=O)n6C5CCC(=O)NC5=O)CC4)CC3)cc2cc1NC(=O)c1cccc(F)c1F. The second kappa shape index (κ2) is 15.2. The molecule has 3 aliphatic rings. The Kier molecular flexibility index (Phi) is 10.1. The van der Waals surface area contributed by atoms with E-state index in [1.54, 1.807) is 28.3 Å². The number of carbonyl (C=O) groups excluding carboxylic acids is 3. The minimum Gasteiger partial charge on any atom is -0.494 e. The van der Waals surface area contributed by atoms with Crippen LogP contribution in [0.2, 0.25) is 0 Å². The summed E-state index contributed by atoms with van der Waals surface area (Å²) >= 11 is 0. The Morgan fingerprint density at radius 1 is 1.00 bits per heavy atom. The normalized spacial score (nSPS) is 20.9. The molecule has 56 heavy (non-hydrogen) atoms. The molecule has 1 aliphatic carbocycles. The first kappa shape index (κ1) is 37.4. The molecule has 8 rings (SSSR count). The number of aryl methyl sites for hydroxylation is 1. The number of hydrogen-bond donors (Lipinski definition) is 2. The minimum absolute atomic E-state index is 0.205. The number of hydrogen-bond acceptors (Lipinski definition) is 8. The summed E-state index contributed by atoms with van der Waals surface area (Å²) < 4.78 is 38.7. The molecule has 3 amide bonds. The largest absolute Gasteiger partial charge is 0.494 e. The molecule has 15 heteroatoms. The van der Waals surface area contributed by atoms with Gasteiger partial charge in [0.2, 0.25) is 11.8 Å². The molecule has 3 aromatic carbocycles. The van der Waals surface area contributed by atoms with Crippen molar-refractivity contribution < 1.29 is 27.9 Å². The Morgan fingerprint density at radius 3 is 2.48 bits per heavy atom. The van der Waals surface area contributed by atoms with Gasteiger partial charge in [-0.15, -0.1) is 0 Å². The number of imidazole rings is 1. The number of fused-ring (bicyclic) bond motifs is 2. The molecule has 13 nitrogen and oxygen atoms in total. The number of carbonyl (C=O) groups is 3. The van der Waals surface area contributed by atoms with Gasteiger partial charge >= 0.3 is 5.69 Å². The number of piperidine rings is 2. The molecule has 5 aromatic rings. The molecule has 294 valence electrons. The van der Waals surface area contributed by atoms with E-state index >= 15 is 0 Å². The molecule has 0 radical (unpaired) electrons. The molecule has 2 aliphatic heterocycles. The Hall–Kier alpha value is -5.57. The average molecular weight is 769 g/mol. The predicted octanol–water partition coefficient (Wildman–Crippen LogP) is 5.54. The number of ether oxygens (including phenoxy) is 1. The Bertz CT molecular complexity index is 2390. The van der Waals surface area contributed by atoms with Gasteiger partial charge < -0.3 is 19.9 Å². The van der Waals surface area contributed by atoms with Crippen LogP contribution in [-0.2, 0) is 16.6 Å². The molecule has 3 fully saturated rings. The number of methoxy groups -OCH3 is 1. The van der Waals surface area contributed by atoms with E-state index in [0.717, 1.165) is 86.3 Å². The van der Waals surface area contributed by atoms with Crippen molar-refractivity contribution in [1.29, 1.82) is 0 Å². The lowest BCUT2D eigenvalue weighted by atomic mass is 9.85. The van der Waals surface area contributed by atoms with Gasteiger partial charge in [-0.25, -0.2) is 13.6 Å². The lowest BCUT2D eigenvalue weighted by Crippen LogP contribution is -2.45. The highest BCUT2D eigenvalue weighted by Crippen LogP contribution is 2.37. The highest BCUT2D eigenvalue weighted by atomic mass is 19.2. The highest BCUT2D eigenvalue weighted by molar-refractivity contribution is 6.06. The van der Waals surface area contributed by atoms with Crippen LogP contribution in [0.3, 0.4) is 0 Å². The number of nitrogens with one attached hydrogen (secondary N) is 2. The van der Waals surface area contributed by atoms with Crippen molar-refractivity contribution in [2.75, 3.05) is 44.0 Å². The monoisotopic (exact) mass is 768 g/mol. The van der Waals surface area contributed by atoms with Crippen LogP contribution in [0, 0.1) is 17.6 Å². The summed E-state index contributed by atoms with van der Waals surface area (Å²) in [6, 6.07) is 12.8. The second-order valence-electron chi connectivity index (χ2n) is 15.4. The number of aromatic nitrogens is 4. The number of imide groups is 1. The lowest BCUT2D eigenvalue weighted by Gasteiger charge is -2.40. The van der Waals surface area contributed by atoms with Gasteiger partial charge in [0, 0.05) is 56.8 Å². The summed E-state index contributed by atoms with van der Waals surface area (Å²) in [4.78, 5) is 55.6. The number of nitrogens with zero attached hydrogens (tertiary/aromatic N) is 6. The molecule has 2 aromatic heterocycles.